The fraction of sp³-hybridized carbons (Fsp3) is 0.314. The molecule has 13 heteroatoms. The minimum Gasteiger partial charge on any atom is -0.490 e. The normalized spacial score (nSPS) is 16.6. The minimum absolute atomic E-state index is 0.00297. The van der Waals surface area contributed by atoms with Gasteiger partial charge in [0.1, 0.15) is 35.4 Å². The highest BCUT2D eigenvalue weighted by molar-refractivity contribution is 7.18. The Bertz CT molecular complexity index is 2120. The molecule has 0 aliphatic carbocycles. The van der Waals surface area contributed by atoms with E-state index in [4.69, 9.17) is 19.6 Å². The lowest BCUT2D eigenvalue weighted by atomic mass is 9.96. The molecule has 48 heavy (non-hydrogen) atoms. The van der Waals surface area contributed by atoms with E-state index < -0.39 is 11.6 Å². The van der Waals surface area contributed by atoms with Crippen molar-refractivity contribution < 1.29 is 23.0 Å². The lowest BCUT2D eigenvalue weighted by molar-refractivity contribution is -0.129. The number of thiophene rings is 1. The van der Waals surface area contributed by atoms with Gasteiger partial charge in [0.2, 0.25) is 5.91 Å². The van der Waals surface area contributed by atoms with Gasteiger partial charge in [0.25, 0.3) is 5.56 Å². The van der Waals surface area contributed by atoms with Crippen molar-refractivity contribution in [3.63, 3.8) is 0 Å². The molecule has 6 heterocycles. The first-order chi connectivity index (χ1) is 23.2. The number of likely N-dealkylation sites (N-methyl/N-ethyl adjacent to an activating group) is 1. The van der Waals surface area contributed by atoms with Gasteiger partial charge >= 0.3 is 0 Å². The minimum atomic E-state index is -0.818. The average Bonchev–Trinajstić information content (AvgIpc) is 3.71. The van der Waals surface area contributed by atoms with Crippen LogP contribution in [0.3, 0.4) is 0 Å². The van der Waals surface area contributed by atoms with Gasteiger partial charge in [-0.05, 0) is 43.6 Å². The van der Waals surface area contributed by atoms with Crippen LogP contribution in [0.1, 0.15) is 24.7 Å². The Labute approximate surface area is 279 Å². The number of ether oxygens (including phenoxy) is 2. The van der Waals surface area contributed by atoms with Crippen LogP contribution in [0, 0.1) is 11.6 Å². The summed E-state index contributed by atoms with van der Waals surface area (Å²) in [5.74, 6) is -1.79. The number of nitrogens with zero attached hydrogens (tertiary/aromatic N) is 6. The standard InChI is InChI=1S/C35H34F2N6O4S/c1-5-29(44)41-9-10-43-27(20(41)2)17-26(39-43)34-32(31-25(37)15-22(36)16-28(31)47-12-11-46-4)35-24(7-13-48-35)33(38-34)21-6-8-42(30(45)14-21)23-18-40(3)19-23/h5-8,13-17,20,23H,1,9-12,18-19H2,2-4H3/t20-/m1/s1. The van der Waals surface area contributed by atoms with Crippen molar-refractivity contribution in [3.05, 3.63) is 88.3 Å². The van der Waals surface area contributed by atoms with Gasteiger partial charge in [0, 0.05) is 72.4 Å². The Morgan fingerprint density at radius 2 is 1.92 bits per heavy atom. The number of benzene rings is 1. The monoisotopic (exact) mass is 672 g/mol. The predicted octanol–water partition coefficient (Wildman–Crippen LogP) is 5.53. The number of amides is 1. The van der Waals surface area contributed by atoms with Crippen LogP contribution in [0.4, 0.5) is 8.78 Å². The molecule has 1 amide bonds. The van der Waals surface area contributed by atoms with Crippen LogP contribution in [0.5, 0.6) is 5.75 Å². The number of fused-ring (bicyclic) bond motifs is 2. The second-order valence-electron chi connectivity index (χ2n) is 12.1. The molecule has 2 aliphatic rings. The largest absolute Gasteiger partial charge is 0.490 e. The van der Waals surface area contributed by atoms with Gasteiger partial charge in [0.05, 0.1) is 42.2 Å². The number of pyridine rings is 2. The van der Waals surface area contributed by atoms with Crippen molar-refractivity contribution in [2.45, 2.75) is 25.6 Å². The third-order valence-electron chi connectivity index (χ3n) is 9.04. The van der Waals surface area contributed by atoms with E-state index in [1.165, 1.54) is 24.5 Å². The molecule has 4 aromatic heterocycles. The van der Waals surface area contributed by atoms with Crippen LogP contribution in [-0.4, -0.2) is 82.0 Å². The molecule has 0 saturated carbocycles. The highest BCUT2D eigenvalue weighted by Crippen LogP contribution is 2.47. The van der Waals surface area contributed by atoms with Crippen molar-refractivity contribution in [1.29, 1.82) is 0 Å². The fourth-order valence-corrected chi connectivity index (χ4v) is 7.57. The van der Waals surface area contributed by atoms with Crippen molar-refractivity contribution in [1.82, 2.24) is 29.1 Å². The third kappa shape index (κ3) is 5.51. The van der Waals surface area contributed by atoms with E-state index in [1.54, 1.807) is 21.7 Å². The average molecular weight is 673 g/mol. The molecule has 0 spiro atoms. The summed E-state index contributed by atoms with van der Waals surface area (Å²) in [6.07, 6.45) is 3.09. The molecule has 1 aromatic carbocycles. The lowest BCUT2D eigenvalue weighted by Crippen LogP contribution is -2.47. The molecular formula is C35H34F2N6O4S. The van der Waals surface area contributed by atoms with Crippen LogP contribution >= 0.6 is 11.3 Å². The van der Waals surface area contributed by atoms with Crippen molar-refractivity contribution in [2.75, 3.05) is 47.0 Å². The van der Waals surface area contributed by atoms with Crippen molar-refractivity contribution in [2.24, 2.45) is 0 Å². The molecule has 7 rings (SSSR count). The molecule has 1 saturated heterocycles. The lowest BCUT2D eigenvalue weighted by Gasteiger charge is -2.37. The smallest absolute Gasteiger partial charge is 0.251 e. The number of hydrogen-bond donors (Lipinski definition) is 0. The molecule has 2 aliphatic heterocycles. The van der Waals surface area contributed by atoms with Gasteiger partial charge < -0.3 is 23.8 Å². The number of carbonyl (C=O) groups is 1. The second-order valence-corrected chi connectivity index (χ2v) is 13.0. The predicted molar refractivity (Wildman–Crippen MR) is 180 cm³/mol. The number of rotatable bonds is 9. The van der Waals surface area contributed by atoms with Gasteiger partial charge in [-0.2, -0.15) is 5.10 Å². The molecular weight excluding hydrogens is 638 g/mol. The summed E-state index contributed by atoms with van der Waals surface area (Å²) in [5, 5.41) is 7.48. The molecule has 0 N–H and O–H groups in total. The summed E-state index contributed by atoms with van der Waals surface area (Å²) in [7, 11) is 3.53. The summed E-state index contributed by atoms with van der Waals surface area (Å²) in [6, 6.07) is 8.96. The molecule has 248 valence electrons. The maximum Gasteiger partial charge on any atom is 0.251 e. The van der Waals surface area contributed by atoms with E-state index >= 15 is 4.39 Å². The van der Waals surface area contributed by atoms with Gasteiger partial charge in [0.15, 0.2) is 0 Å². The van der Waals surface area contributed by atoms with E-state index in [-0.39, 0.29) is 48.1 Å². The summed E-state index contributed by atoms with van der Waals surface area (Å²) in [6.45, 7) is 8.29. The topological polar surface area (TPSA) is 94.7 Å². The first kappa shape index (κ1) is 31.9. The molecule has 10 nitrogen and oxygen atoms in total. The number of hydrogen-bond acceptors (Lipinski definition) is 8. The van der Waals surface area contributed by atoms with Gasteiger partial charge in [-0.25, -0.2) is 13.8 Å². The maximum absolute atomic E-state index is 16.1. The zero-order chi connectivity index (χ0) is 33.7. The number of likely N-dealkylation sites (tertiary alicyclic amines) is 1. The zero-order valence-electron chi connectivity index (χ0n) is 26.8. The Hall–Kier alpha value is -4.72. The highest BCUT2D eigenvalue weighted by Gasteiger charge is 2.32. The van der Waals surface area contributed by atoms with Crippen LogP contribution in [0.15, 0.2) is 65.4 Å². The number of aromatic nitrogens is 4. The number of carbonyl (C=O) groups excluding carboxylic acids is 1. The van der Waals surface area contributed by atoms with Gasteiger partial charge in [-0.3, -0.25) is 14.3 Å². The number of methoxy groups -OCH3 is 1. The highest BCUT2D eigenvalue weighted by atomic mass is 32.1. The molecule has 0 radical (unpaired) electrons. The van der Waals surface area contributed by atoms with Crippen LogP contribution < -0.4 is 10.3 Å². The first-order valence-electron chi connectivity index (χ1n) is 15.6. The second kappa shape index (κ2) is 12.7. The summed E-state index contributed by atoms with van der Waals surface area (Å²) in [5.41, 5.74) is 2.98. The van der Waals surface area contributed by atoms with E-state index in [9.17, 15) is 14.0 Å². The summed E-state index contributed by atoms with van der Waals surface area (Å²) in [4.78, 5) is 34.9. The summed E-state index contributed by atoms with van der Waals surface area (Å²) >= 11 is 1.38. The van der Waals surface area contributed by atoms with Crippen LogP contribution in [0.25, 0.3) is 43.9 Å². The van der Waals surface area contributed by atoms with Crippen molar-refractivity contribution in [3.8, 4) is 39.5 Å². The third-order valence-corrected chi connectivity index (χ3v) is 9.97. The molecule has 1 atom stereocenters. The SMILES string of the molecule is C=CC(=O)N1CCn2nc(-c3nc(-c4ccn(C5CN(C)C5)c(=O)c4)c4ccsc4c3-c3c(F)cc(F)cc3OCCOC)cc2[C@H]1C. The molecule has 5 aromatic rings. The van der Waals surface area contributed by atoms with E-state index in [2.05, 4.69) is 11.5 Å². The Morgan fingerprint density at radius 3 is 2.65 bits per heavy atom. The first-order valence-corrected chi connectivity index (χ1v) is 16.5. The van der Waals surface area contributed by atoms with Gasteiger partial charge in [-0.1, -0.05) is 6.58 Å². The van der Waals surface area contributed by atoms with E-state index in [0.717, 1.165) is 30.9 Å². The zero-order valence-corrected chi connectivity index (χ0v) is 27.6. The van der Waals surface area contributed by atoms with E-state index in [0.29, 0.717) is 51.4 Å². The maximum atomic E-state index is 16.1. The quantitative estimate of drug-likeness (QED) is 0.150. The van der Waals surface area contributed by atoms with Crippen LogP contribution in [0.2, 0.25) is 0 Å². The molecule has 1 fully saturated rings. The molecule has 0 unspecified atom stereocenters. The van der Waals surface area contributed by atoms with E-state index in [1.807, 2.05) is 42.2 Å². The van der Waals surface area contributed by atoms with Crippen molar-refractivity contribution >= 4 is 27.3 Å². The Balaban J connectivity index is 1.46. The number of halogens is 2. The summed E-state index contributed by atoms with van der Waals surface area (Å²) < 4.78 is 46.0. The molecule has 0 bridgehead atoms. The Morgan fingerprint density at radius 1 is 1.10 bits per heavy atom. The van der Waals surface area contributed by atoms with Crippen LogP contribution in [-0.2, 0) is 16.1 Å². The van der Waals surface area contributed by atoms with Gasteiger partial charge in [-0.15, -0.1) is 11.3 Å². The fourth-order valence-electron chi connectivity index (χ4n) is 6.62. The Kier molecular flexibility index (Phi) is 8.44.